The zero-order chi connectivity index (χ0) is 8.43. The van der Waals surface area contributed by atoms with Gasteiger partial charge in [-0.05, 0) is 28.9 Å². The summed E-state index contributed by atoms with van der Waals surface area (Å²) in [7, 11) is 0. The van der Waals surface area contributed by atoms with Gasteiger partial charge in [0.05, 0.1) is 0 Å². The number of hydrogen-bond donors (Lipinski definition) is 1. The lowest BCUT2D eigenvalue weighted by Crippen LogP contribution is -2.13. The molecule has 0 aliphatic heterocycles. The van der Waals surface area contributed by atoms with Gasteiger partial charge in [0.2, 0.25) is 0 Å². The Morgan fingerprint density at radius 2 is 2.27 bits per heavy atom. The molecule has 0 bridgehead atoms. The highest BCUT2D eigenvalue weighted by atomic mass is 79.9. The van der Waals surface area contributed by atoms with Crippen molar-refractivity contribution in [2.45, 2.75) is 6.92 Å². The Morgan fingerprint density at radius 3 is 2.73 bits per heavy atom. The number of hydrogen-bond acceptors (Lipinski definition) is 3. The zero-order valence-electron chi connectivity index (χ0n) is 5.84. The molecular formula is C6H6BrN3O. The van der Waals surface area contributed by atoms with E-state index in [-0.39, 0.29) is 5.69 Å². The van der Waals surface area contributed by atoms with Crippen molar-refractivity contribution in [2.24, 2.45) is 5.73 Å². The average molecular weight is 216 g/mol. The molecule has 1 amide bonds. The van der Waals surface area contributed by atoms with Gasteiger partial charge < -0.3 is 5.73 Å². The van der Waals surface area contributed by atoms with Gasteiger partial charge in [-0.3, -0.25) is 4.79 Å². The SMILES string of the molecule is Cc1cc(C(N)=O)nc(Br)n1. The number of amides is 1. The van der Waals surface area contributed by atoms with Crippen molar-refractivity contribution in [3.05, 3.63) is 22.2 Å². The monoisotopic (exact) mass is 215 g/mol. The summed E-state index contributed by atoms with van der Waals surface area (Å²) < 4.78 is 0.381. The number of nitrogens with zero attached hydrogens (tertiary/aromatic N) is 2. The number of primary amides is 1. The smallest absolute Gasteiger partial charge is 0.267 e. The number of aromatic nitrogens is 2. The number of carbonyl (C=O) groups excluding carboxylic acids is 1. The van der Waals surface area contributed by atoms with E-state index in [1.165, 1.54) is 6.07 Å². The third kappa shape index (κ3) is 1.98. The van der Waals surface area contributed by atoms with Gasteiger partial charge in [0.1, 0.15) is 5.69 Å². The third-order valence-corrected chi connectivity index (χ3v) is 1.43. The van der Waals surface area contributed by atoms with Crippen LogP contribution < -0.4 is 5.73 Å². The average Bonchev–Trinajstić information content (AvgIpc) is 1.85. The largest absolute Gasteiger partial charge is 0.364 e. The van der Waals surface area contributed by atoms with E-state index in [1.807, 2.05) is 0 Å². The number of aryl methyl sites for hydroxylation is 1. The Kier molecular flexibility index (Phi) is 2.19. The van der Waals surface area contributed by atoms with Crippen LogP contribution in [0.5, 0.6) is 0 Å². The fourth-order valence-corrected chi connectivity index (χ4v) is 1.13. The lowest BCUT2D eigenvalue weighted by atomic mass is 10.3. The van der Waals surface area contributed by atoms with E-state index >= 15 is 0 Å². The molecule has 1 heterocycles. The minimum Gasteiger partial charge on any atom is -0.364 e. The highest BCUT2D eigenvalue weighted by Gasteiger charge is 2.03. The Labute approximate surface area is 72.0 Å². The Bertz CT molecular complexity index is 280. The van der Waals surface area contributed by atoms with Crippen molar-refractivity contribution < 1.29 is 4.79 Å². The Hall–Kier alpha value is -0.970. The Morgan fingerprint density at radius 1 is 1.64 bits per heavy atom. The van der Waals surface area contributed by atoms with Crippen LogP contribution in [0.1, 0.15) is 16.2 Å². The summed E-state index contributed by atoms with van der Waals surface area (Å²) in [5.74, 6) is -0.545. The summed E-state index contributed by atoms with van der Waals surface area (Å²) in [6, 6.07) is 1.53. The summed E-state index contributed by atoms with van der Waals surface area (Å²) in [6.07, 6.45) is 0. The molecule has 4 nitrogen and oxygen atoms in total. The molecule has 58 valence electrons. The summed E-state index contributed by atoms with van der Waals surface area (Å²) in [4.78, 5) is 18.3. The molecule has 0 fully saturated rings. The van der Waals surface area contributed by atoms with Gasteiger partial charge in [-0.1, -0.05) is 0 Å². The fourth-order valence-electron chi connectivity index (χ4n) is 0.659. The predicted molar refractivity (Wildman–Crippen MR) is 43.0 cm³/mol. The first-order valence-electron chi connectivity index (χ1n) is 2.90. The zero-order valence-corrected chi connectivity index (χ0v) is 7.42. The van der Waals surface area contributed by atoms with E-state index in [0.717, 1.165) is 0 Å². The van der Waals surface area contributed by atoms with Gasteiger partial charge >= 0.3 is 0 Å². The van der Waals surface area contributed by atoms with E-state index < -0.39 is 5.91 Å². The maximum atomic E-state index is 10.6. The fraction of sp³-hybridized carbons (Fsp3) is 0.167. The molecule has 11 heavy (non-hydrogen) atoms. The van der Waals surface area contributed by atoms with Crippen LogP contribution in [0.25, 0.3) is 0 Å². The molecular weight excluding hydrogens is 210 g/mol. The molecule has 0 radical (unpaired) electrons. The molecule has 0 spiro atoms. The minimum absolute atomic E-state index is 0.226. The molecule has 1 aromatic rings. The first-order chi connectivity index (χ1) is 5.09. The van der Waals surface area contributed by atoms with Crippen LogP contribution in [0, 0.1) is 6.92 Å². The van der Waals surface area contributed by atoms with E-state index in [2.05, 4.69) is 25.9 Å². The molecule has 0 saturated carbocycles. The van der Waals surface area contributed by atoms with Gasteiger partial charge in [0.25, 0.3) is 5.91 Å². The topological polar surface area (TPSA) is 68.9 Å². The Balaban J connectivity index is 3.19. The maximum absolute atomic E-state index is 10.6. The molecule has 0 aliphatic carbocycles. The van der Waals surface area contributed by atoms with Gasteiger partial charge in [-0.25, -0.2) is 9.97 Å². The second-order valence-electron chi connectivity index (χ2n) is 2.03. The summed E-state index contributed by atoms with van der Waals surface area (Å²) >= 11 is 3.05. The lowest BCUT2D eigenvalue weighted by molar-refractivity contribution is 0.0995. The van der Waals surface area contributed by atoms with Gasteiger partial charge in [0, 0.05) is 5.69 Å². The highest BCUT2D eigenvalue weighted by molar-refractivity contribution is 9.10. The van der Waals surface area contributed by atoms with Crippen molar-refractivity contribution >= 4 is 21.8 Å². The molecule has 0 aromatic carbocycles. The second kappa shape index (κ2) is 2.96. The molecule has 0 aliphatic rings. The molecule has 1 rings (SSSR count). The molecule has 0 atom stereocenters. The van der Waals surface area contributed by atoms with Gasteiger partial charge in [-0.2, -0.15) is 0 Å². The highest BCUT2D eigenvalue weighted by Crippen LogP contribution is 2.04. The van der Waals surface area contributed by atoms with Crippen LogP contribution in [0.3, 0.4) is 0 Å². The maximum Gasteiger partial charge on any atom is 0.267 e. The first-order valence-corrected chi connectivity index (χ1v) is 3.70. The number of rotatable bonds is 1. The molecule has 5 heteroatoms. The van der Waals surface area contributed by atoms with Crippen molar-refractivity contribution in [1.82, 2.24) is 9.97 Å². The third-order valence-electron chi connectivity index (χ3n) is 1.08. The van der Waals surface area contributed by atoms with Crippen LogP contribution in [-0.2, 0) is 0 Å². The number of carbonyl (C=O) groups is 1. The quantitative estimate of drug-likeness (QED) is 0.700. The van der Waals surface area contributed by atoms with Gasteiger partial charge in [0.15, 0.2) is 4.73 Å². The van der Waals surface area contributed by atoms with Crippen molar-refractivity contribution in [3.63, 3.8) is 0 Å². The van der Waals surface area contributed by atoms with Crippen LogP contribution in [0.15, 0.2) is 10.8 Å². The normalized spacial score (nSPS) is 9.64. The summed E-state index contributed by atoms with van der Waals surface area (Å²) in [5.41, 5.74) is 5.94. The second-order valence-corrected chi connectivity index (χ2v) is 2.74. The van der Waals surface area contributed by atoms with Crippen LogP contribution in [0.2, 0.25) is 0 Å². The van der Waals surface area contributed by atoms with Crippen molar-refractivity contribution in [2.75, 3.05) is 0 Å². The van der Waals surface area contributed by atoms with E-state index in [9.17, 15) is 4.79 Å². The molecule has 0 unspecified atom stereocenters. The van der Waals surface area contributed by atoms with Crippen LogP contribution >= 0.6 is 15.9 Å². The van der Waals surface area contributed by atoms with E-state index in [0.29, 0.717) is 10.4 Å². The summed E-state index contributed by atoms with van der Waals surface area (Å²) in [5, 5.41) is 0. The lowest BCUT2D eigenvalue weighted by Gasteiger charge is -1.96. The van der Waals surface area contributed by atoms with E-state index in [4.69, 9.17) is 5.73 Å². The predicted octanol–water partition coefficient (Wildman–Crippen LogP) is 0.646. The first kappa shape index (κ1) is 8.13. The molecule has 2 N–H and O–H groups in total. The molecule has 1 aromatic heterocycles. The minimum atomic E-state index is -0.545. The number of halogens is 1. The van der Waals surface area contributed by atoms with Crippen LogP contribution in [-0.4, -0.2) is 15.9 Å². The van der Waals surface area contributed by atoms with E-state index in [1.54, 1.807) is 6.92 Å². The van der Waals surface area contributed by atoms with Crippen LogP contribution in [0.4, 0.5) is 0 Å². The molecule has 0 saturated heterocycles. The summed E-state index contributed by atoms with van der Waals surface area (Å²) in [6.45, 7) is 1.76. The van der Waals surface area contributed by atoms with Gasteiger partial charge in [-0.15, -0.1) is 0 Å². The van der Waals surface area contributed by atoms with Crippen molar-refractivity contribution in [1.29, 1.82) is 0 Å². The number of nitrogens with two attached hydrogens (primary N) is 1. The standard InChI is InChI=1S/C6H6BrN3O/c1-3-2-4(5(8)11)10-6(7)9-3/h2H,1H3,(H2,8,11). The van der Waals surface area contributed by atoms with Crippen molar-refractivity contribution in [3.8, 4) is 0 Å².